The molecule has 0 spiro atoms. The van der Waals surface area contributed by atoms with Crippen molar-refractivity contribution >= 4 is 39.1 Å². The molecule has 0 saturated carbocycles. The maximum atomic E-state index is 13.5. The molecule has 0 bridgehead atoms. The highest BCUT2D eigenvalue weighted by atomic mass is 35.5. The largest absolute Gasteiger partial charge is 0.464 e. The van der Waals surface area contributed by atoms with E-state index in [1.165, 1.54) is 24.7 Å². The van der Waals surface area contributed by atoms with Gasteiger partial charge in [-0.2, -0.15) is 4.31 Å². The van der Waals surface area contributed by atoms with Crippen LogP contribution in [0, 0.1) is 24.0 Å². The third-order valence-corrected chi connectivity index (χ3v) is 7.65. The number of hydrogen-bond acceptors (Lipinski definition) is 7. The van der Waals surface area contributed by atoms with Crippen LogP contribution < -0.4 is 0 Å². The van der Waals surface area contributed by atoms with Gasteiger partial charge in [-0.1, -0.05) is 17.7 Å². The highest BCUT2D eigenvalue weighted by Crippen LogP contribution is 2.30. The summed E-state index contributed by atoms with van der Waals surface area (Å²) in [6.07, 6.45) is 1.30. The Morgan fingerprint density at radius 2 is 1.97 bits per heavy atom. The van der Waals surface area contributed by atoms with Crippen LogP contribution in [0.1, 0.15) is 39.0 Å². The molecule has 1 aromatic heterocycles. The third kappa shape index (κ3) is 4.70. The molecule has 2 rings (SSSR count). The summed E-state index contributed by atoms with van der Waals surface area (Å²) >= 11 is 5.80. The van der Waals surface area contributed by atoms with Crippen LogP contribution in [0.25, 0.3) is 0 Å². The van der Waals surface area contributed by atoms with Crippen molar-refractivity contribution in [2.45, 2.75) is 31.7 Å². The molecule has 0 N–H and O–H groups in total. The van der Waals surface area contributed by atoms with Gasteiger partial charge in [0.15, 0.2) is 5.78 Å². The molecule has 1 heterocycles. The molecule has 33 heavy (non-hydrogen) atoms. The number of benzene rings is 1. The highest BCUT2D eigenvalue weighted by molar-refractivity contribution is 7.89. The van der Waals surface area contributed by atoms with Crippen molar-refractivity contribution in [3.8, 4) is 0 Å². The highest BCUT2D eigenvalue weighted by Gasteiger charge is 2.36. The molecule has 0 aliphatic carbocycles. The van der Waals surface area contributed by atoms with Gasteiger partial charge in [-0.3, -0.25) is 14.9 Å². The van der Waals surface area contributed by atoms with E-state index in [0.717, 1.165) is 22.5 Å². The summed E-state index contributed by atoms with van der Waals surface area (Å²) in [4.78, 5) is 35.6. The summed E-state index contributed by atoms with van der Waals surface area (Å²) in [5, 5.41) is 11.0. The van der Waals surface area contributed by atoms with Gasteiger partial charge >= 0.3 is 5.97 Å². The lowest BCUT2D eigenvalue weighted by atomic mass is 10.0. The Labute approximate surface area is 196 Å². The van der Waals surface area contributed by atoms with Gasteiger partial charge in [0.2, 0.25) is 10.0 Å². The number of carbonyl (C=O) groups is 2. The number of aromatic nitrogens is 1. The average molecular weight is 498 g/mol. The molecule has 0 aliphatic rings. The lowest BCUT2D eigenvalue weighted by molar-refractivity contribution is -0.384. The Morgan fingerprint density at radius 1 is 1.36 bits per heavy atom. The smallest absolute Gasteiger partial charge is 0.354 e. The van der Waals surface area contributed by atoms with Crippen LogP contribution in [0.4, 0.5) is 5.69 Å². The van der Waals surface area contributed by atoms with Crippen LogP contribution in [0.5, 0.6) is 0 Å². The first-order valence-corrected chi connectivity index (χ1v) is 11.5. The molecule has 0 radical (unpaired) electrons. The number of methoxy groups -OCH3 is 1. The second kappa shape index (κ2) is 9.86. The number of nitro groups is 1. The third-order valence-electron chi connectivity index (χ3n) is 5.40. The number of nitro benzene ring substituents is 1. The number of ketones is 1. The summed E-state index contributed by atoms with van der Waals surface area (Å²) in [5.41, 5.74) is 0.612. The molecule has 0 fully saturated rings. The number of sulfonamides is 1. The molecule has 1 aromatic carbocycles. The van der Waals surface area contributed by atoms with Crippen molar-refractivity contribution in [3.63, 3.8) is 0 Å². The summed E-state index contributed by atoms with van der Waals surface area (Å²) in [6.45, 7) is 7.93. The predicted octanol–water partition coefficient (Wildman–Crippen LogP) is 3.44. The van der Waals surface area contributed by atoms with Gasteiger partial charge < -0.3 is 9.30 Å². The molecular weight excluding hydrogens is 474 g/mol. The quantitative estimate of drug-likeness (QED) is 0.170. The number of rotatable bonds is 9. The van der Waals surface area contributed by atoms with Crippen LogP contribution in [0.3, 0.4) is 0 Å². The van der Waals surface area contributed by atoms with Gasteiger partial charge in [0.1, 0.15) is 10.7 Å². The normalized spacial score (nSPS) is 12.5. The fraction of sp³-hybridized carbons (Fsp3) is 0.333. The van der Waals surface area contributed by atoms with Gasteiger partial charge in [-0.05, 0) is 38.5 Å². The van der Waals surface area contributed by atoms with Crippen molar-refractivity contribution in [1.29, 1.82) is 0 Å². The SMILES string of the molecule is C=CCN(C(C)C(=O)c1c(C)c(C(=O)OC)n(C)c1C)S(=O)(=O)c1ccc(Cl)c([N+](=O)[O-])c1. The van der Waals surface area contributed by atoms with Gasteiger partial charge in [-0.15, -0.1) is 6.58 Å². The van der Waals surface area contributed by atoms with E-state index < -0.39 is 43.3 Å². The Morgan fingerprint density at radius 3 is 2.48 bits per heavy atom. The van der Waals surface area contributed by atoms with Crippen molar-refractivity contribution < 1.29 is 27.7 Å². The van der Waals surface area contributed by atoms with Crippen LogP contribution >= 0.6 is 11.6 Å². The van der Waals surface area contributed by atoms with Crippen LogP contribution in [0.15, 0.2) is 35.7 Å². The topological polar surface area (TPSA) is 129 Å². The van der Waals surface area contributed by atoms with Gasteiger partial charge in [0.05, 0.1) is 23.0 Å². The Hall–Kier alpha value is -3.02. The van der Waals surface area contributed by atoms with E-state index in [4.69, 9.17) is 16.3 Å². The number of carbonyl (C=O) groups excluding carboxylic acids is 2. The fourth-order valence-corrected chi connectivity index (χ4v) is 5.36. The molecule has 1 atom stereocenters. The monoisotopic (exact) mass is 497 g/mol. The lowest BCUT2D eigenvalue weighted by Crippen LogP contribution is -2.43. The number of nitrogens with zero attached hydrogens (tertiary/aromatic N) is 3. The molecule has 2 aromatic rings. The summed E-state index contributed by atoms with van der Waals surface area (Å²) in [7, 11) is -1.54. The first-order chi connectivity index (χ1) is 15.3. The van der Waals surface area contributed by atoms with E-state index in [-0.39, 0.29) is 22.8 Å². The summed E-state index contributed by atoms with van der Waals surface area (Å²) < 4.78 is 33.9. The minimum absolute atomic E-state index is 0.178. The molecular formula is C21H24ClN3O7S. The van der Waals surface area contributed by atoms with E-state index in [2.05, 4.69) is 6.58 Å². The molecule has 1 unspecified atom stereocenters. The Bertz CT molecular complexity index is 1250. The van der Waals surface area contributed by atoms with Crippen molar-refractivity contribution in [2.24, 2.45) is 7.05 Å². The minimum Gasteiger partial charge on any atom is -0.464 e. The molecule has 0 saturated heterocycles. The zero-order valence-corrected chi connectivity index (χ0v) is 20.4. The number of halogens is 1. The summed E-state index contributed by atoms with van der Waals surface area (Å²) in [5.74, 6) is -1.18. The Kier molecular flexibility index (Phi) is 7.83. The second-order valence-electron chi connectivity index (χ2n) is 7.26. The minimum atomic E-state index is -4.36. The Balaban J connectivity index is 2.60. The zero-order valence-electron chi connectivity index (χ0n) is 18.8. The van der Waals surface area contributed by atoms with E-state index in [0.29, 0.717) is 11.3 Å². The number of esters is 1. The molecule has 12 heteroatoms. The first kappa shape index (κ1) is 26.2. The number of Topliss-reactive ketones (excluding diaryl/α,β-unsaturated/α-hetero) is 1. The first-order valence-electron chi connectivity index (χ1n) is 9.66. The van der Waals surface area contributed by atoms with E-state index >= 15 is 0 Å². The van der Waals surface area contributed by atoms with Gasteiger partial charge in [0.25, 0.3) is 5.69 Å². The van der Waals surface area contributed by atoms with Gasteiger partial charge in [-0.25, -0.2) is 13.2 Å². The maximum Gasteiger partial charge on any atom is 0.354 e. The predicted molar refractivity (Wildman–Crippen MR) is 122 cm³/mol. The van der Waals surface area contributed by atoms with Crippen molar-refractivity contribution in [3.05, 3.63) is 68.5 Å². The van der Waals surface area contributed by atoms with Crippen LogP contribution in [-0.2, 0) is 21.8 Å². The van der Waals surface area contributed by atoms with Crippen molar-refractivity contribution in [2.75, 3.05) is 13.7 Å². The maximum absolute atomic E-state index is 13.5. The molecule has 10 nitrogen and oxygen atoms in total. The summed E-state index contributed by atoms with van der Waals surface area (Å²) in [6, 6.07) is 1.87. The number of hydrogen-bond donors (Lipinski definition) is 0. The average Bonchev–Trinajstić information content (AvgIpc) is 2.98. The van der Waals surface area contributed by atoms with E-state index in [1.54, 1.807) is 20.9 Å². The zero-order chi connectivity index (χ0) is 25.2. The van der Waals surface area contributed by atoms with E-state index in [1.807, 2.05) is 0 Å². The fourth-order valence-electron chi connectivity index (χ4n) is 3.59. The molecule has 178 valence electrons. The van der Waals surface area contributed by atoms with Crippen molar-refractivity contribution in [1.82, 2.24) is 8.87 Å². The van der Waals surface area contributed by atoms with Crippen LogP contribution in [0.2, 0.25) is 5.02 Å². The number of ether oxygens (including phenoxy) is 1. The lowest BCUT2D eigenvalue weighted by Gasteiger charge is -2.26. The van der Waals surface area contributed by atoms with Gasteiger partial charge in [0, 0.05) is 30.9 Å². The molecule has 0 aliphatic heterocycles. The standard InChI is InChI=1S/C21H24ClN3O7S/c1-7-10-24(33(30,31)15-8-9-16(22)17(11-15)25(28)29)14(4)20(26)18-12(2)19(21(27)32-6)23(5)13(18)3/h7-9,11,14H,1,10H2,2-6H3. The van der Waals surface area contributed by atoms with E-state index in [9.17, 15) is 28.1 Å². The van der Waals surface area contributed by atoms with Crippen LogP contribution in [-0.4, -0.2) is 53.7 Å². The molecule has 0 amide bonds. The second-order valence-corrected chi connectivity index (χ2v) is 9.56.